The molecule has 9 nitrogen and oxygen atoms in total. The van der Waals surface area contributed by atoms with Crippen molar-refractivity contribution < 1.29 is 23.7 Å². The lowest BCUT2D eigenvalue weighted by Crippen LogP contribution is -2.25. The molecule has 3 aromatic carbocycles. The van der Waals surface area contributed by atoms with Gasteiger partial charge in [0.15, 0.2) is 6.61 Å². The smallest absolute Gasteiger partial charge is 0.262 e. The molecule has 0 fully saturated rings. The van der Waals surface area contributed by atoms with Crippen molar-refractivity contribution in [2.75, 3.05) is 39.8 Å². The van der Waals surface area contributed by atoms with E-state index in [1.807, 2.05) is 41.8 Å². The molecule has 1 aliphatic heterocycles. The number of carbonyl (C=O) groups is 1. The molecule has 5 rings (SSSR count). The van der Waals surface area contributed by atoms with E-state index in [2.05, 4.69) is 17.4 Å². The standard InChI is InChI=1S/C29H28N4O5S/c1-35-21-14-26(36-2)22(27(15-21)37-3)16-31-33-24(20-9-10-25-23(13-20)32-28(34)17-38-25)18-39-29(33)30-12-11-19-7-5-4-6-8-19/h4-10,13-16,18H,11-12,17H2,1-3H3,(H,32,34). The zero-order valence-electron chi connectivity index (χ0n) is 21.8. The molecule has 39 heavy (non-hydrogen) atoms. The van der Waals surface area contributed by atoms with Gasteiger partial charge in [-0.2, -0.15) is 5.10 Å². The third kappa shape index (κ3) is 5.80. The Morgan fingerprint density at radius 2 is 1.79 bits per heavy atom. The lowest BCUT2D eigenvalue weighted by atomic mass is 10.1. The van der Waals surface area contributed by atoms with Crippen molar-refractivity contribution >= 4 is 29.1 Å². The van der Waals surface area contributed by atoms with Crippen molar-refractivity contribution in [1.82, 2.24) is 4.68 Å². The van der Waals surface area contributed by atoms with Crippen LogP contribution in [-0.4, -0.2) is 51.3 Å². The molecule has 0 saturated heterocycles. The van der Waals surface area contributed by atoms with Crippen LogP contribution in [0.5, 0.6) is 23.0 Å². The minimum absolute atomic E-state index is 0.00502. The van der Waals surface area contributed by atoms with Crippen molar-refractivity contribution in [3.63, 3.8) is 0 Å². The molecule has 0 spiro atoms. The maximum absolute atomic E-state index is 11.9. The summed E-state index contributed by atoms with van der Waals surface area (Å²) in [7, 11) is 4.76. The monoisotopic (exact) mass is 544 g/mol. The van der Waals surface area contributed by atoms with Gasteiger partial charge in [0.25, 0.3) is 5.91 Å². The topological polar surface area (TPSA) is 95.7 Å². The Balaban J connectivity index is 1.57. The van der Waals surface area contributed by atoms with Crippen LogP contribution in [-0.2, 0) is 11.2 Å². The molecular weight excluding hydrogens is 516 g/mol. The van der Waals surface area contributed by atoms with Crippen molar-refractivity contribution in [3.05, 3.63) is 82.0 Å². The lowest BCUT2D eigenvalue weighted by molar-refractivity contribution is -0.118. The second kappa shape index (κ2) is 11.9. The summed E-state index contributed by atoms with van der Waals surface area (Å²) in [6.07, 6.45) is 2.49. The number of carbonyl (C=O) groups excluding carboxylic acids is 1. The molecule has 200 valence electrons. The molecule has 10 heteroatoms. The van der Waals surface area contributed by atoms with Gasteiger partial charge in [0.2, 0.25) is 4.80 Å². The summed E-state index contributed by atoms with van der Waals surface area (Å²) >= 11 is 1.49. The zero-order valence-corrected chi connectivity index (χ0v) is 22.7. The highest BCUT2D eigenvalue weighted by atomic mass is 32.1. The highest BCUT2D eigenvalue weighted by Crippen LogP contribution is 2.34. The summed E-state index contributed by atoms with van der Waals surface area (Å²) in [6.45, 7) is 0.605. The number of fused-ring (bicyclic) bond motifs is 1. The van der Waals surface area contributed by atoms with Crippen LogP contribution < -0.4 is 29.1 Å². The SMILES string of the molecule is COc1cc(OC)c(C=Nn2c(-c3ccc4c(c3)NC(=O)CO4)csc2=NCCc2ccccc2)c(OC)c1. The van der Waals surface area contributed by atoms with Crippen LogP contribution in [0.4, 0.5) is 5.69 Å². The molecule has 2 heterocycles. The average Bonchev–Trinajstić information content (AvgIpc) is 3.38. The summed E-state index contributed by atoms with van der Waals surface area (Å²) in [4.78, 5) is 17.5. The van der Waals surface area contributed by atoms with Gasteiger partial charge in [-0.1, -0.05) is 30.3 Å². The number of benzene rings is 3. The number of aromatic nitrogens is 1. The zero-order chi connectivity index (χ0) is 27.2. The Labute approximate surface area is 230 Å². The van der Waals surface area contributed by atoms with E-state index >= 15 is 0 Å². The Hall–Kier alpha value is -4.57. The van der Waals surface area contributed by atoms with Gasteiger partial charge < -0.3 is 24.3 Å². The van der Waals surface area contributed by atoms with Gasteiger partial charge in [0.05, 0.1) is 44.5 Å². The third-order valence-electron chi connectivity index (χ3n) is 6.14. The number of ether oxygens (including phenoxy) is 4. The first kappa shape index (κ1) is 26.1. The molecule has 4 aromatic rings. The van der Waals surface area contributed by atoms with Crippen LogP contribution in [0.1, 0.15) is 11.1 Å². The number of hydrogen-bond acceptors (Lipinski definition) is 8. The second-order valence-corrected chi connectivity index (χ2v) is 9.41. The van der Waals surface area contributed by atoms with Gasteiger partial charge in [0.1, 0.15) is 23.0 Å². The second-order valence-electron chi connectivity index (χ2n) is 8.57. The van der Waals surface area contributed by atoms with E-state index in [9.17, 15) is 4.79 Å². The summed E-state index contributed by atoms with van der Waals surface area (Å²) < 4.78 is 23.9. The number of nitrogens with one attached hydrogen (secondary N) is 1. The van der Waals surface area contributed by atoms with Gasteiger partial charge >= 0.3 is 0 Å². The van der Waals surface area contributed by atoms with Crippen LogP contribution in [0.15, 0.2) is 76.1 Å². The summed E-state index contributed by atoms with van der Waals surface area (Å²) in [6, 6.07) is 19.4. The fraction of sp³-hybridized carbons (Fsp3) is 0.207. The number of thiazole rings is 1. The highest BCUT2D eigenvalue weighted by molar-refractivity contribution is 7.07. The van der Waals surface area contributed by atoms with Crippen molar-refractivity contribution in [1.29, 1.82) is 0 Å². The Morgan fingerprint density at radius 1 is 1.03 bits per heavy atom. The summed E-state index contributed by atoms with van der Waals surface area (Å²) in [5.74, 6) is 2.17. The van der Waals surface area contributed by atoms with Crippen molar-refractivity contribution in [3.8, 4) is 34.3 Å². The minimum Gasteiger partial charge on any atom is -0.496 e. The number of amides is 1. The van der Waals surface area contributed by atoms with Crippen LogP contribution in [0, 0.1) is 0 Å². The first-order chi connectivity index (χ1) is 19.1. The molecule has 1 aliphatic rings. The molecule has 1 N–H and O–H groups in total. The average molecular weight is 545 g/mol. The van der Waals surface area contributed by atoms with E-state index in [0.717, 1.165) is 22.5 Å². The van der Waals surface area contributed by atoms with Crippen molar-refractivity contribution in [2.45, 2.75) is 6.42 Å². The fourth-order valence-corrected chi connectivity index (χ4v) is 5.02. The Bertz CT molecular complexity index is 1550. The molecular formula is C29H28N4O5S. The van der Waals surface area contributed by atoms with Crippen LogP contribution in [0.2, 0.25) is 0 Å². The predicted molar refractivity (Wildman–Crippen MR) is 152 cm³/mol. The normalized spacial score (nSPS) is 13.1. The van der Waals surface area contributed by atoms with E-state index in [0.29, 0.717) is 40.8 Å². The maximum Gasteiger partial charge on any atom is 0.262 e. The molecule has 0 radical (unpaired) electrons. The third-order valence-corrected chi connectivity index (χ3v) is 6.99. The lowest BCUT2D eigenvalue weighted by Gasteiger charge is -2.18. The molecule has 1 amide bonds. The molecule has 0 atom stereocenters. The maximum atomic E-state index is 11.9. The number of rotatable bonds is 9. The van der Waals surface area contributed by atoms with Gasteiger partial charge in [-0.15, -0.1) is 11.3 Å². The highest BCUT2D eigenvalue weighted by Gasteiger charge is 2.18. The quantitative estimate of drug-likeness (QED) is 0.311. The van der Waals surface area contributed by atoms with Gasteiger partial charge in [0, 0.05) is 29.6 Å². The molecule has 1 aromatic heterocycles. The molecule has 0 bridgehead atoms. The van der Waals surface area contributed by atoms with E-state index in [4.69, 9.17) is 29.0 Å². The predicted octanol–water partition coefficient (Wildman–Crippen LogP) is 4.60. The Morgan fingerprint density at radius 3 is 2.51 bits per heavy atom. The van der Waals surface area contributed by atoms with E-state index in [1.54, 1.807) is 44.4 Å². The van der Waals surface area contributed by atoms with Gasteiger partial charge in [-0.05, 0) is 30.2 Å². The van der Waals surface area contributed by atoms with Gasteiger partial charge in [-0.25, -0.2) is 4.68 Å². The van der Waals surface area contributed by atoms with Crippen molar-refractivity contribution in [2.24, 2.45) is 10.1 Å². The fourth-order valence-electron chi connectivity index (χ4n) is 4.16. The molecule has 0 aliphatic carbocycles. The summed E-state index contributed by atoms with van der Waals surface area (Å²) in [5, 5.41) is 9.69. The number of hydrogen-bond donors (Lipinski definition) is 1. The largest absolute Gasteiger partial charge is 0.496 e. The van der Waals surface area contributed by atoms with E-state index in [1.165, 1.54) is 16.9 Å². The first-order valence-corrected chi connectivity index (χ1v) is 13.1. The van der Waals surface area contributed by atoms with Gasteiger partial charge in [-0.3, -0.25) is 9.79 Å². The van der Waals surface area contributed by atoms with Crippen LogP contribution >= 0.6 is 11.3 Å². The van der Waals surface area contributed by atoms with E-state index in [-0.39, 0.29) is 12.5 Å². The first-order valence-electron chi connectivity index (χ1n) is 12.3. The number of anilines is 1. The van der Waals surface area contributed by atoms with Crippen LogP contribution in [0.3, 0.4) is 0 Å². The molecule has 0 saturated carbocycles. The minimum atomic E-state index is -0.189. The number of nitrogens with zero attached hydrogens (tertiary/aromatic N) is 3. The number of methoxy groups -OCH3 is 3. The Kier molecular flexibility index (Phi) is 7.93. The van der Waals surface area contributed by atoms with Crippen LogP contribution in [0.25, 0.3) is 11.3 Å². The molecule has 0 unspecified atom stereocenters. The van der Waals surface area contributed by atoms with E-state index < -0.39 is 0 Å². The summed E-state index contributed by atoms with van der Waals surface area (Å²) in [5.41, 5.74) is 4.15.